The maximum atomic E-state index is 12.7. The van der Waals surface area contributed by atoms with Gasteiger partial charge >= 0.3 is 0 Å². The van der Waals surface area contributed by atoms with Crippen molar-refractivity contribution in [3.8, 4) is 0 Å². The van der Waals surface area contributed by atoms with Gasteiger partial charge in [-0.1, -0.05) is 26.7 Å². The van der Waals surface area contributed by atoms with Gasteiger partial charge in [-0.15, -0.1) is 0 Å². The second-order valence-electron chi connectivity index (χ2n) is 5.61. The van der Waals surface area contributed by atoms with Gasteiger partial charge in [0.05, 0.1) is 11.4 Å². The predicted molar refractivity (Wildman–Crippen MR) is 89.1 cm³/mol. The summed E-state index contributed by atoms with van der Waals surface area (Å²) in [5, 5.41) is 6.69. The molecule has 0 atom stereocenters. The lowest BCUT2D eigenvalue weighted by Gasteiger charge is -2.24. The van der Waals surface area contributed by atoms with Crippen molar-refractivity contribution in [2.45, 2.75) is 39.5 Å². The SMILES string of the molecule is CCCCN(CCCC)C(=O)c1ccc2c(c1)NCCN2. The van der Waals surface area contributed by atoms with Crippen LogP contribution in [0.3, 0.4) is 0 Å². The molecule has 1 aromatic carbocycles. The first-order valence-electron chi connectivity index (χ1n) is 8.17. The number of rotatable bonds is 7. The minimum Gasteiger partial charge on any atom is -0.382 e. The third kappa shape index (κ3) is 4.13. The summed E-state index contributed by atoms with van der Waals surface area (Å²) < 4.78 is 0. The maximum absolute atomic E-state index is 12.7. The van der Waals surface area contributed by atoms with Crippen LogP contribution in [-0.2, 0) is 0 Å². The Morgan fingerprint density at radius 3 is 2.29 bits per heavy atom. The van der Waals surface area contributed by atoms with E-state index in [1.54, 1.807) is 0 Å². The Labute approximate surface area is 127 Å². The van der Waals surface area contributed by atoms with Gasteiger partial charge in [-0.05, 0) is 31.0 Å². The van der Waals surface area contributed by atoms with Crippen LogP contribution in [-0.4, -0.2) is 37.0 Å². The van der Waals surface area contributed by atoms with Crippen molar-refractivity contribution < 1.29 is 4.79 Å². The Balaban J connectivity index is 2.11. The summed E-state index contributed by atoms with van der Waals surface area (Å²) >= 11 is 0. The van der Waals surface area contributed by atoms with E-state index in [2.05, 4.69) is 24.5 Å². The Hall–Kier alpha value is -1.71. The molecule has 0 saturated carbocycles. The number of amides is 1. The molecule has 0 unspecified atom stereocenters. The molecule has 1 heterocycles. The van der Waals surface area contributed by atoms with E-state index in [1.165, 1.54) is 0 Å². The molecule has 1 amide bonds. The average Bonchev–Trinajstić information content (AvgIpc) is 2.54. The number of benzene rings is 1. The van der Waals surface area contributed by atoms with Crippen molar-refractivity contribution in [1.82, 2.24) is 4.90 Å². The summed E-state index contributed by atoms with van der Waals surface area (Å²) in [6, 6.07) is 5.92. The highest BCUT2D eigenvalue weighted by Crippen LogP contribution is 2.26. The summed E-state index contributed by atoms with van der Waals surface area (Å²) in [6.45, 7) is 7.88. The van der Waals surface area contributed by atoms with Gasteiger partial charge in [0, 0.05) is 31.7 Å². The molecule has 4 nitrogen and oxygen atoms in total. The van der Waals surface area contributed by atoms with Gasteiger partial charge in [0.2, 0.25) is 0 Å². The molecule has 2 rings (SSSR count). The fraction of sp³-hybridized carbons (Fsp3) is 0.588. The summed E-state index contributed by atoms with van der Waals surface area (Å²) in [7, 11) is 0. The van der Waals surface area contributed by atoms with Crippen molar-refractivity contribution in [2.75, 3.05) is 36.8 Å². The zero-order chi connectivity index (χ0) is 15.1. The second kappa shape index (κ2) is 7.91. The Kier molecular flexibility index (Phi) is 5.90. The van der Waals surface area contributed by atoms with Gasteiger partial charge in [0.1, 0.15) is 0 Å². The van der Waals surface area contributed by atoms with Crippen LogP contribution in [0.2, 0.25) is 0 Å². The van der Waals surface area contributed by atoms with Crippen molar-refractivity contribution in [2.24, 2.45) is 0 Å². The molecule has 0 aromatic heterocycles. The molecule has 0 fully saturated rings. The highest BCUT2D eigenvalue weighted by atomic mass is 16.2. The van der Waals surface area contributed by atoms with Crippen LogP contribution < -0.4 is 10.6 Å². The van der Waals surface area contributed by atoms with Gasteiger partial charge in [0.25, 0.3) is 5.91 Å². The van der Waals surface area contributed by atoms with E-state index < -0.39 is 0 Å². The number of carbonyl (C=O) groups excluding carboxylic acids is 1. The molecule has 4 heteroatoms. The topological polar surface area (TPSA) is 44.4 Å². The fourth-order valence-electron chi connectivity index (χ4n) is 2.57. The standard InChI is InChI=1S/C17H27N3O/c1-3-5-11-20(12-6-4-2)17(21)14-7-8-15-16(13-14)19-10-9-18-15/h7-8,13,18-19H,3-6,9-12H2,1-2H3. The minimum atomic E-state index is 0.159. The molecule has 1 aliphatic heterocycles. The molecule has 116 valence electrons. The first-order chi connectivity index (χ1) is 10.3. The lowest BCUT2D eigenvalue weighted by Crippen LogP contribution is -2.33. The van der Waals surface area contributed by atoms with Crippen molar-refractivity contribution in [3.63, 3.8) is 0 Å². The predicted octanol–water partition coefficient (Wildman–Crippen LogP) is 3.57. The maximum Gasteiger partial charge on any atom is 0.253 e. The summed E-state index contributed by atoms with van der Waals surface area (Å²) in [4.78, 5) is 14.7. The molecule has 0 bridgehead atoms. The molecular weight excluding hydrogens is 262 g/mol. The Morgan fingerprint density at radius 2 is 1.67 bits per heavy atom. The fourth-order valence-corrected chi connectivity index (χ4v) is 2.57. The molecule has 1 aliphatic rings. The first-order valence-corrected chi connectivity index (χ1v) is 8.17. The first kappa shape index (κ1) is 15.7. The van der Waals surface area contributed by atoms with E-state index >= 15 is 0 Å². The number of fused-ring (bicyclic) bond motifs is 1. The molecular formula is C17H27N3O. The Bertz CT molecular complexity index is 465. The van der Waals surface area contributed by atoms with Gasteiger partial charge < -0.3 is 15.5 Å². The molecule has 21 heavy (non-hydrogen) atoms. The van der Waals surface area contributed by atoms with E-state index in [4.69, 9.17) is 0 Å². The molecule has 2 N–H and O–H groups in total. The summed E-state index contributed by atoms with van der Waals surface area (Å²) in [6.07, 6.45) is 4.37. The second-order valence-corrected chi connectivity index (χ2v) is 5.61. The smallest absolute Gasteiger partial charge is 0.253 e. The zero-order valence-corrected chi connectivity index (χ0v) is 13.2. The van der Waals surface area contributed by atoms with Gasteiger partial charge in [0.15, 0.2) is 0 Å². The summed E-state index contributed by atoms with van der Waals surface area (Å²) in [5.74, 6) is 0.159. The van der Waals surface area contributed by atoms with Crippen LogP contribution in [0.15, 0.2) is 18.2 Å². The highest BCUT2D eigenvalue weighted by Gasteiger charge is 2.17. The van der Waals surface area contributed by atoms with Crippen molar-refractivity contribution in [3.05, 3.63) is 23.8 Å². The molecule has 1 aromatic rings. The van der Waals surface area contributed by atoms with E-state index in [9.17, 15) is 4.79 Å². The quantitative estimate of drug-likeness (QED) is 0.806. The van der Waals surface area contributed by atoms with Crippen LogP contribution in [0.4, 0.5) is 11.4 Å². The van der Waals surface area contributed by atoms with Crippen molar-refractivity contribution in [1.29, 1.82) is 0 Å². The van der Waals surface area contributed by atoms with Crippen LogP contribution in [0.25, 0.3) is 0 Å². The number of anilines is 2. The molecule has 0 aliphatic carbocycles. The molecule has 0 saturated heterocycles. The lowest BCUT2D eigenvalue weighted by molar-refractivity contribution is 0.0751. The van der Waals surface area contributed by atoms with E-state index in [0.29, 0.717) is 0 Å². The van der Waals surface area contributed by atoms with Crippen LogP contribution in [0, 0.1) is 0 Å². The number of nitrogens with zero attached hydrogens (tertiary/aromatic N) is 1. The molecule has 0 spiro atoms. The Morgan fingerprint density at radius 1 is 1.05 bits per heavy atom. The number of nitrogens with one attached hydrogen (secondary N) is 2. The van der Waals surface area contributed by atoms with E-state index in [0.717, 1.165) is 68.8 Å². The van der Waals surface area contributed by atoms with Crippen LogP contribution in [0.5, 0.6) is 0 Å². The number of unbranched alkanes of at least 4 members (excludes halogenated alkanes) is 2. The minimum absolute atomic E-state index is 0.159. The third-order valence-electron chi connectivity index (χ3n) is 3.87. The number of hydrogen-bond donors (Lipinski definition) is 2. The van der Waals surface area contributed by atoms with Crippen LogP contribution >= 0.6 is 0 Å². The average molecular weight is 289 g/mol. The van der Waals surface area contributed by atoms with Gasteiger partial charge in [-0.3, -0.25) is 4.79 Å². The van der Waals surface area contributed by atoms with Gasteiger partial charge in [-0.25, -0.2) is 0 Å². The largest absolute Gasteiger partial charge is 0.382 e. The van der Waals surface area contributed by atoms with E-state index in [1.807, 2.05) is 23.1 Å². The summed E-state index contributed by atoms with van der Waals surface area (Å²) in [5.41, 5.74) is 2.92. The highest BCUT2D eigenvalue weighted by molar-refractivity contribution is 5.96. The van der Waals surface area contributed by atoms with Gasteiger partial charge in [-0.2, -0.15) is 0 Å². The van der Waals surface area contributed by atoms with E-state index in [-0.39, 0.29) is 5.91 Å². The number of carbonyl (C=O) groups is 1. The number of hydrogen-bond acceptors (Lipinski definition) is 3. The lowest BCUT2D eigenvalue weighted by atomic mass is 10.1. The third-order valence-corrected chi connectivity index (χ3v) is 3.87. The van der Waals surface area contributed by atoms with Crippen LogP contribution in [0.1, 0.15) is 49.9 Å². The van der Waals surface area contributed by atoms with Crippen molar-refractivity contribution >= 4 is 17.3 Å². The zero-order valence-electron chi connectivity index (χ0n) is 13.2. The molecule has 0 radical (unpaired) electrons. The normalized spacial score (nSPS) is 13.0. The monoisotopic (exact) mass is 289 g/mol.